The Morgan fingerprint density at radius 2 is 1.61 bits per heavy atom. The Morgan fingerprint density at radius 1 is 0.909 bits per heavy atom. The molecule has 2 aliphatic rings. The van der Waals surface area contributed by atoms with Crippen molar-refractivity contribution >= 4 is 34.0 Å². The monoisotopic (exact) mass is 585 g/mol. The highest BCUT2D eigenvalue weighted by atomic mass is 16.3. The summed E-state index contributed by atoms with van der Waals surface area (Å²) in [5.41, 5.74) is 5.15. The zero-order chi connectivity index (χ0) is 30.5. The van der Waals surface area contributed by atoms with Crippen molar-refractivity contribution in [3.05, 3.63) is 107 Å². The molecule has 0 saturated carbocycles. The van der Waals surface area contributed by atoms with Crippen LogP contribution in [0.1, 0.15) is 52.9 Å². The predicted molar refractivity (Wildman–Crippen MR) is 169 cm³/mol. The number of nitrogens with zero attached hydrogens (tertiary/aromatic N) is 4. The Labute approximate surface area is 257 Å². The predicted octanol–water partition coefficient (Wildman–Crippen LogP) is 6.28. The average Bonchev–Trinajstić information content (AvgIpc) is 3.50. The van der Waals surface area contributed by atoms with E-state index in [1.54, 1.807) is 6.07 Å². The van der Waals surface area contributed by atoms with Crippen LogP contribution in [-0.4, -0.2) is 48.8 Å². The van der Waals surface area contributed by atoms with Crippen LogP contribution in [0.4, 0.5) is 11.4 Å². The molecule has 0 atom stereocenters. The van der Waals surface area contributed by atoms with E-state index < -0.39 is 0 Å². The summed E-state index contributed by atoms with van der Waals surface area (Å²) in [5.74, 6) is 0.366. The van der Waals surface area contributed by atoms with Gasteiger partial charge in [-0.3, -0.25) is 14.5 Å². The summed E-state index contributed by atoms with van der Waals surface area (Å²) in [6, 6.07) is 25.1. The van der Waals surface area contributed by atoms with E-state index in [9.17, 15) is 9.59 Å². The number of amides is 1. The van der Waals surface area contributed by atoms with Crippen molar-refractivity contribution in [3.8, 4) is 6.07 Å². The summed E-state index contributed by atoms with van der Waals surface area (Å²) in [4.78, 5) is 34.3. The maximum absolute atomic E-state index is 13.2. The topological polar surface area (TPSA) is 93.9 Å². The first-order valence-electron chi connectivity index (χ1n) is 15.3. The van der Waals surface area contributed by atoms with Crippen molar-refractivity contribution in [2.75, 3.05) is 31.1 Å². The van der Waals surface area contributed by atoms with Gasteiger partial charge in [0.05, 0.1) is 18.2 Å². The van der Waals surface area contributed by atoms with Gasteiger partial charge < -0.3 is 14.6 Å². The van der Waals surface area contributed by atoms with Gasteiger partial charge >= 0.3 is 0 Å². The van der Waals surface area contributed by atoms with Gasteiger partial charge in [-0.1, -0.05) is 30.3 Å². The maximum atomic E-state index is 13.2. The minimum absolute atomic E-state index is 0.0330. The number of likely N-dealkylation sites (tertiary alicyclic amines) is 1. The summed E-state index contributed by atoms with van der Waals surface area (Å²) < 4.78 is 5.88. The molecule has 2 saturated heterocycles. The largest absolute Gasteiger partial charge is 0.451 e. The fourth-order valence-corrected chi connectivity index (χ4v) is 6.29. The van der Waals surface area contributed by atoms with Crippen molar-refractivity contribution in [1.29, 1.82) is 5.26 Å². The highest BCUT2D eigenvalue weighted by Crippen LogP contribution is 2.28. The molecule has 0 aliphatic carbocycles. The lowest BCUT2D eigenvalue weighted by Gasteiger charge is -2.33. The van der Waals surface area contributed by atoms with Gasteiger partial charge in [-0.15, -0.1) is 0 Å². The molecule has 8 heteroatoms. The number of carbonyl (C=O) groups excluding carboxylic acids is 2. The normalized spacial score (nSPS) is 16.4. The minimum Gasteiger partial charge on any atom is -0.451 e. The van der Waals surface area contributed by atoms with Gasteiger partial charge in [0, 0.05) is 62.2 Å². The van der Waals surface area contributed by atoms with Crippen molar-refractivity contribution in [3.63, 3.8) is 0 Å². The molecule has 3 heterocycles. The number of ketones is 1. The number of hydrogen-bond donors (Lipinski definition) is 1. The molecular weight excluding hydrogens is 550 g/mol. The SMILES string of the molecule is [C-]#[N+]c1ccc(N2CCC(C(=O)Cc3ccc4oc(C(=O)NC5CCN(Cc6ccc(C#N)cc6)CC5)cc4c3)CC2)cc1. The van der Waals surface area contributed by atoms with E-state index in [2.05, 4.69) is 26.0 Å². The van der Waals surface area contributed by atoms with Crippen LogP contribution in [0, 0.1) is 23.8 Å². The Morgan fingerprint density at radius 3 is 2.30 bits per heavy atom. The van der Waals surface area contributed by atoms with Gasteiger partial charge in [0.1, 0.15) is 11.4 Å². The fraction of sp³-hybridized carbons (Fsp3) is 0.333. The Kier molecular flexibility index (Phi) is 8.72. The molecule has 2 aliphatic heterocycles. The van der Waals surface area contributed by atoms with E-state index in [-0.39, 0.29) is 23.7 Å². The van der Waals surface area contributed by atoms with E-state index >= 15 is 0 Å². The minimum atomic E-state index is -0.208. The molecule has 222 valence electrons. The van der Waals surface area contributed by atoms with E-state index in [1.165, 1.54) is 5.56 Å². The van der Waals surface area contributed by atoms with Crippen molar-refractivity contribution in [1.82, 2.24) is 10.2 Å². The molecule has 8 nitrogen and oxygen atoms in total. The lowest BCUT2D eigenvalue weighted by Crippen LogP contribution is -2.44. The summed E-state index contributed by atoms with van der Waals surface area (Å²) >= 11 is 0. The number of piperidine rings is 2. The summed E-state index contributed by atoms with van der Waals surface area (Å²) in [5, 5.41) is 13.0. The summed E-state index contributed by atoms with van der Waals surface area (Å²) in [7, 11) is 0. The molecule has 0 radical (unpaired) electrons. The summed E-state index contributed by atoms with van der Waals surface area (Å²) in [6.07, 6.45) is 3.73. The number of carbonyl (C=O) groups is 2. The van der Waals surface area contributed by atoms with Gasteiger partial charge in [-0.2, -0.15) is 5.26 Å². The number of fused-ring (bicyclic) bond motifs is 1. The lowest BCUT2D eigenvalue weighted by atomic mass is 9.89. The van der Waals surface area contributed by atoms with E-state index in [1.807, 2.05) is 66.7 Å². The number of anilines is 1. The van der Waals surface area contributed by atoms with E-state index in [4.69, 9.17) is 16.3 Å². The first-order valence-corrected chi connectivity index (χ1v) is 15.3. The van der Waals surface area contributed by atoms with Gasteiger partial charge in [0.2, 0.25) is 0 Å². The smallest absolute Gasteiger partial charge is 0.287 e. The fourth-order valence-electron chi connectivity index (χ4n) is 6.29. The molecule has 6 rings (SSSR count). The van der Waals surface area contributed by atoms with Gasteiger partial charge in [0.15, 0.2) is 11.4 Å². The maximum Gasteiger partial charge on any atom is 0.287 e. The molecule has 1 amide bonds. The molecule has 4 aromatic rings. The third-order valence-corrected chi connectivity index (χ3v) is 8.89. The number of Topliss-reactive ketones (excluding diaryl/α,β-unsaturated/α-hetero) is 1. The van der Waals surface area contributed by atoms with E-state index in [0.29, 0.717) is 29.0 Å². The van der Waals surface area contributed by atoms with Crippen molar-refractivity contribution < 1.29 is 14.0 Å². The molecule has 1 aromatic heterocycles. The average molecular weight is 586 g/mol. The number of benzene rings is 3. The van der Waals surface area contributed by atoms with Crippen LogP contribution in [0.25, 0.3) is 15.8 Å². The summed E-state index contributed by atoms with van der Waals surface area (Å²) in [6.45, 7) is 11.4. The second kappa shape index (κ2) is 13.2. The van der Waals surface area contributed by atoms with Gasteiger partial charge in [-0.25, -0.2) is 4.85 Å². The zero-order valence-electron chi connectivity index (χ0n) is 24.7. The molecule has 0 bridgehead atoms. The highest BCUT2D eigenvalue weighted by Gasteiger charge is 2.26. The van der Waals surface area contributed by atoms with Gasteiger partial charge in [0.25, 0.3) is 5.91 Å². The molecule has 0 unspecified atom stereocenters. The Hall–Kier alpha value is -4.92. The number of nitrogens with one attached hydrogen (secondary N) is 1. The molecule has 1 N–H and O–H groups in total. The molecule has 2 fully saturated rings. The second-order valence-corrected chi connectivity index (χ2v) is 11.8. The number of hydrogen-bond acceptors (Lipinski definition) is 6. The van der Waals surface area contributed by atoms with Crippen molar-refractivity contribution in [2.45, 2.75) is 44.7 Å². The molecule has 0 spiro atoms. The third kappa shape index (κ3) is 6.83. The first kappa shape index (κ1) is 29.2. The number of furan rings is 1. The van der Waals surface area contributed by atoms with Crippen LogP contribution < -0.4 is 10.2 Å². The van der Waals surface area contributed by atoms with Crippen LogP contribution in [-0.2, 0) is 17.8 Å². The van der Waals surface area contributed by atoms with Gasteiger partial charge in [-0.05, 0) is 79.3 Å². The Balaban J connectivity index is 0.982. The molecule has 3 aromatic carbocycles. The van der Waals surface area contributed by atoms with Crippen LogP contribution in [0.15, 0.2) is 77.2 Å². The quantitative estimate of drug-likeness (QED) is 0.245. The third-order valence-electron chi connectivity index (χ3n) is 8.89. The highest BCUT2D eigenvalue weighted by molar-refractivity contribution is 5.96. The van der Waals surface area contributed by atoms with Crippen molar-refractivity contribution in [2.24, 2.45) is 5.92 Å². The standard InChI is InChI=1S/C36H35N5O3/c1-38-30-7-9-32(10-8-30)41-18-12-28(13-19-41)33(42)21-27-6-11-34-29(20-27)22-35(44-34)36(43)39-31-14-16-40(17-15-31)24-26-4-2-25(23-37)3-5-26/h2-11,20,22,28,31H,12-19,21,24H2,(H,39,43). The van der Waals surface area contributed by atoms with Crippen LogP contribution >= 0.6 is 0 Å². The molecular formula is C36H35N5O3. The zero-order valence-corrected chi connectivity index (χ0v) is 24.7. The van der Waals surface area contributed by atoms with Crippen LogP contribution in [0.5, 0.6) is 0 Å². The number of rotatable bonds is 8. The first-order chi connectivity index (χ1) is 21.5. The van der Waals surface area contributed by atoms with Crippen LogP contribution in [0.3, 0.4) is 0 Å². The number of nitriles is 1. The second-order valence-electron chi connectivity index (χ2n) is 11.8. The van der Waals surface area contributed by atoms with E-state index in [0.717, 1.165) is 75.0 Å². The molecule has 44 heavy (non-hydrogen) atoms. The lowest BCUT2D eigenvalue weighted by molar-refractivity contribution is -0.122. The Bertz CT molecular complexity index is 1710. The van der Waals surface area contributed by atoms with Crippen LogP contribution in [0.2, 0.25) is 0 Å².